The number of hydrogen-bond donors (Lipinski definition) is 2. The minimum absolute atomic E-state index is 0.390. The quantitative estimate of drug-likeness (QED) is 0.288. The molecule has 0 fully saturated rings. The minimum Gasteiger partial charge on any atom is -0.487 e. The van der Waals surface area contributed by atoms with Gasteiger partial charge in [-0.1, -0.05) is 36.2 Å². The first kappa shape index (κ1) is 20.6. The summed E-state index contributed by atoms with van der Waals surface area (Å²) in [6.45, 7) is 0.390. The van der Waals surface area contributed by atoms with Gasteiger partial charge in [0.15, 0.2) is 0 Å². The SMILES string of the molecule is CSN/C=C(\C(=N)c1ccc(OCc2ccc3ccccc3n2)cc1)c1ccncc1. The summed E-state index contributed by atoms with van der Waals surface area (Å²) in [6.07, 6.45) is 7.25. The molecule has 2 N–H and O–H groups in total. The lowest BCUT2D eigenvalue weighted by Crippen LogP contribution is -2.06. The number of aromatic nitrogens is 2. The minimum atomic E-state index is 0.390. The van der Waals surface area contributed by atoms with Crippen molar-refractivity contribution in [2.24, 2.45) is 0 Å². The highest BCUT2D eigenvalue weighted by Crippen LogP contribution is 2.22. The van der Waals surface area contributed by atoms with E-state index in [2.05, 4.69) is 20.8 Å². The molecule has 2 aromatic carbocycles. The van der Waals surface area contributed by atoms with Crippen molar-refractivity contribution in [1.29, 1.82) is 5.41 Å². The van der Waals surface area contributed by atoms with Crippen molar-refractivity contribution in [1.82, 2.24) is 14.7 Å². The molecular formula is C25H22N4OS. The van der Waals surface area contributed by atoms with Crippen molar-refractivity contribution in [2.45, 2.75) is 6.61 Å². The summed E-state index contributed by atoms with van der Waals surface area (Å²) in [5.74, 6) is 0.739. The van der Waals surface area contributed by atoms with Crippen LogP contribution in [0.25, 0.3) is 16.5 Å². The van der Waals surface area contributed by atoms with Gasteiger partial charge in [-0.05, 0) is 54.1 Å². The zero-order chi connectivity index (χ0) is 21.5. The molecule has 4 rings (SSSR count). The fourth-order valence-corrected chi connectivity index (χ4v) is 3.40. The standard InChI is InChI=1S/C25H22N4OS/c1-31-28-16-23(18-12-14-27-15-13-18)25(26)20-7-10-22(11-8-20)30-17-21-9-6-19-4-2-3-5-24(19)29-21/h2-16,26,28H,17H2,1H3/b23-16-,26-25?. The third-order valence-corrected chi connectivity index (χ3v) is 5.12. The highest BCUT2D eigenvalue weighted by atomic mass is 32.2. The van der Waals surface area contributed by atoms with Crippen molar-refractivity contribution < 1.29 is 4.74 Å². The molecule has 0 atom stereocenters. The average Bonchev–Trinajstić information content (AvgIpc) is 2.83. The number of rotatable bonds is 8. The van der Waals surface area contributed by atoms with Gasteiger partial charge in [0.1, 0.15) is 12.4 Å². The normalized spacial score (nSPS) is 11.3. The van der Waals surface area contributed by atoms with Crippen LogP contribution in [-0.2, 0) is 6.61 Å². The Kier molecular flexibility index (Phi) is 6.59. The first-order valence-corrected chi connectivity index (χ1v) is 11.0. The summed E-state index contributed by atoms with van der Waals surface area (Å²) < 4.78 is 9.04. The molecule has 0 aliphatic carbocycles. The van der Waals surface area contributed by atoms with E-state index < -0.39 is 0 Å². The molecule has 0 amide bonds. The smallest absolute Gasteiger partial charge is 0.130 e. The van der Waals surface area contributed by atoms with Gasteiger partial charge < -0.3 is 9.46 Å². The summed E-state index contributed by atoms with van der Waals surface area (Å²) in [4.78, 5) is 8.71. The number of ether oxygens (including phenoxy) is 1. The maximum atomic E-state index is 8.70. The topological polar surface area (TPSA) is 70.9 Å². The molecule has 0 aliphatic heterocycles. The summed E-state index contributed by atoms with van der Waals surface area (Å²) in [6, 6.07) is 23.4. The molecule has 154 valence electrons. The number of pyridine rings is 2. The Bertz CT molecular complexity index is 1210. The van der Waals surface area contributed by atoms with Crippen molar-refractivity contribution in [3.05, 3.63) is 108 Å². The van der Waals surface area contributed by atoms with E-state index >= 15 is 0 Å². The van der Waals surface area contributed by atoms with E-state index in [4.69, 9.17) is 10.1 Å². The fourth-order valence-electron chi connectivity index (χ4n) is 3.17. The molecule has 5 nitrogen and oxygen atoms in total. The highest BCUT2D eigenvalue weighted by Gasteiger charge is 2.11. The van der Waals surface area contributed by atoms with E-state index in [-0.39, 0.29) is 0 Å². The molecule has 6 heteroatoms. The van der Waals surface area contributed by atoms with E-state index in [0.29, 0.717) is 12.3 Å². The lowest BCUT2D eigenvalue weighted by Gasteiger charge is -2.12. The Morgan fingerprint density at radius 1 is 0.968 bits per heavy atom. The molecule has 31 heavy (non-hydrogen) atoms. The summed E-state index contributed by atoms with van der Waals surface area (Å²) in [5, 5.41) is 9.81. The number of nitrogens with one attached hydrogen (secondary N) is 2. The van der Waals surface area contributed by atoms with Crippen LogP contribution in [0, 0.1) is 5.41 Å². The van der Waals surface area contributed by atoms with Crippen molar-refractivity contribution >= 4 is 34.1 Å². The monoisotopic (exact) mass is 426 g/mol. The Labute approximate surface area is 185 Å². The van der Waals surface area contributed by atoms with Gasteiger partial charge in [-0.15, -0.1) is 0 Å². The van der Waals surface area contributed by atoms with Crippen molar-refractivity contribution in [3.63, 3.8) is 0 Å². The predicted octanol–water partition coefficient (Wildman–Crippen LogP) is 5.49. The van der Waals surface area contributed by atoms with E-state index in [1.807, 2.05) is 79.2 Å². The van der Waals surface area contributed by atoms with Gasteiger partial charge in [-0.3, -0.25) is 10.4 Å². The van der Waals surface area contributed by atoms with Crippen molar-refractivity contribution in [3.8, 4) is 5.75 Å². The second-order valence-electron chi connectivity index (χ2n) is 6.80. The van der Waals surface area contributed by atoms with E-state index in [1.165, 1.54) is 11.9 Å². The third-order valence-electron chi connectivity index (χ3n) is 4.77. The van der Waals surface area contributed by atoms with Crippen LogP contribution >= 0.6 is 11.9 Å². The lowest BCUT2D eigenvalue weighted by atomic mass is 9.97. The number of para-hydroxylation sites is 1. The molecule has 0 spiro atoms. The number of benzene rings is 2. The Morgan fingerprint density at radius 3 is 2.52 bits per heavy atom. The van der Waals surface area contributed by atoms with E-state index in [1.54, 1.807) is 12.4 Å². The van der Waals surface area contributed by atoms with Crippen LogP contribution < -0.4 is 9.46 Å². The van der Waals surface area contributed by atoms with Gasteiger partial charge in [-0.2, -0.15) is 0 Å². The predicted molar refractivity (Wildman–Crippen MR) is 128 cm³/mol. The molecular weight excluding hydrogens is 404 g/mol. The third kappa shape index (κ3) is 5.10. The van der Waals surface area contributed by atoms with E-state index in [9.17, 15) is 0 Å². The Morgan fingerprint density at radius 2 is 1.74 bits per heavy atom. The van der Waals surface area contributed by atoms with Gasteiger partial charge in [0.2, 0.25) is 0 Å². The molecule has 4 aromatic rings. The number of allylic oxidation sites excluding steroid dienone is 1. The molecule has 0 radical (unpaired) electrons. The van der Waals surface area contributed by atoms with E-state index in [0.717, 1.165) is 39.0 Å². The van der Waals surface area contributed by atoms with Gasteiger partial charge in [0.25, 0.3) is 0 Å². The van der Waals surface area contributed by atoms with Crippen LogP contribution in [0.2, 0.25) is 0 Å². The Balaban J connectivity index is 1.46. The summed E-state index contributed by atoms with van der Waals surface area (Å²) in [5.41, 5.74) is 4.80. The largest absolute Gasteiger partial charge is 0.487 e. The molecule has 0 unspecified atom stereocenters. The van der Waals surface area contributed by atoms with Crippen LogP contribution in [0.3, 0.4) is 0 Å². The van der Waals surface area contributed by atoms with Crippen LogP contribution in [0.15, 0.2) is 91.4 Å². The van der Waals surface area contributed by atoms with Crippen LogP contribution in [0.1, 0.15) is 16.8 Å². The summed E-state index contributed by atoms with van der Waals surface area (Å²) >= 11 is 1.48. The van der Waals surface area contributed by atoms with Gasteiger partial charge in [0, 0.05) is 41.4 Å². The number of nitrogens with zero attached hydrogens (tertiary/aromatic N) is 2. The van der Waals surface area contributed by atoms with Crippen molar-refractivity contribution in [2.75, 3.05) is 6.26 Å². The maximum absolute atomic E-state index is 8.70. The second-order valence-corrected chi connectivity index (χ2v) is 7.44. The molecule has 0 aliphatic rings. The van der Waals surface area contributed by atoms with Gasteiger partial charge >= 0.3 is 0 Å². The molecule has 0 bridgehead atoms. The maximum Gasteiger partial charge on any atom is 0.130 e. The fraction of sp³-hybridized carbons (Fsp3) is 0.0800. The zero-order valence-electron chi connectivity index (χ0n) is 17.1. The number of fused-ring (bicyclic) bond motifs is 1. The molecule has 0 saturated heterocycles. The number of hydrogen-bond acceptors (Lipinski definition) is 6. The van der Waals surface area contributed by atoms with Crippen LogP contribution in [0.5, 0.6) is 5.75 Å². The second kappa shape index (κ2) is 9.91. The summed E-state index contributed by atoms with van der Waals surface area (Å²) in [7, 11) is 0. The Hall–Kier alpha value is -3.64. The highest BCUT2D eigenvalue weighted by molar-refractivity contribution is 7.96. The molecule has 2 heterocycles. The van der Waals surface area contributed by atoms with Crippen LogP contribution in [-0.4, -0.2) is 21.9 Å². The first-order valence-electron chi connectivity index (χ1n) is 9.80. The lowest BCUT2D eigenvalue weighted by molar-refractivity contribution is 0.302. The van der Waals surface area contributed by atoms with Gasteiger partial charge in [0.05, 0.1) is 16.9 Å². The van der Waals surface area contributed by atoms with Crippen LogP contribution in [0.4, 0.5) is 0 Å². The molecule has 0 saturated carbocycles. The average molecular weight is 427 g/mol. The zero-order valence-corrected chi connectivity index (χ0v) is 17.9. The molecule has 2 aromatic heterocycles. The van der Waals surface area contributed by atoms with Gasteiger partial charge in [-0.25, -0.2) is 4.98 Å². The first-order chi connectivity index (χ1) is 15.2.